The van der Waals surface area contributed by atoms with Crippen LogP contribution in [0.1, 0.15) is 37.8 Å². The molecular formula is C36H48N6O3. The molecule has 5 rings (SSSR count). The van der Waals surface area contributed by atoms with Crippen LogP contribution in [0.15, 0.2) is 72.9 Å². The predicted molar refractivity (Wildman–Crippen MR) is 180 cm³/mol. The lowest BCUT2D eigenvalue weighted by Gasteiger charge is -2.35. The minimum atomic E-state index is -0.0764. The first-order valence-electron chi connectivity index (χ1n) is 16.4. The number of nitrogens with zero attached hydrogens (tertiary/aromatic N) is 6. The van der Waals surface area contributed by atoms with Crippen molar-refractivity contribution >= 4 is 23.3 Å². The van der Waals surface area contributed by atoms with Gasteiger partial charge >= 0.3 is 0 Å². The Balaban J connectivity index is 1.29. The van der Waals surface area contributed by atoms with Gasteiger partial charge in [-0.1, -0.05) is 42.5 Å². The number of carbonyl (C=O) groups is 2. The van der Waals surface area contributed by atoms with Crippen LogP contribution < -0.4 is 14.5 Å². The lowest BCUT2D eigenvalue weighted by molar-refractivity contribution is -0.132. The summed E-state index contributed by atoms with van der Waals surface area (Å²) in [7, 11) is 0. The Bertz CT molecular complexity index is 1380. The largest absolute Gasteiger partial charge is 0.484 e. The number of pyridine rings is 1. The van der Waals surface area contributed by atoms with E-state index in [0.29, 0.717) is 37.8 Å². The second-order valence-corrected chi connectivity index (χ2v) is 12.3. The number of fused-ring (bicyclic) bond motifs is 1. The molecule has 2 aliphatic rings. The first-order chi connectivity index (χ1) is 21.9. The molecule has 2 amide bonds. The van der Waals surface area contributed by atoms with E-state index in [1.54, 1.807) is 0 Å². The maximum Gasteiger partial charge on any atom is 0.264 e. The number of ether oxygens (including phenoxy) is 1. The third kappa shape index (κ3) is 8.83. The van der Waals surface area contributed by atoms with Gasteiger partial charge < -0.3 is 19.4 Å². The highest BCUT2D eigenvalue weighted by atomic mass is 16.5. The molecule has 45 heavy (non-hydrogen) atoms. The minimum Gasteiger partial charge on any atom is -0.484 e. The first-order valence-corrected chi connectivity index (χ1v) is 16.4. The van der Waals surface area contributed by atoms with E-state index in [1.165, 1.54) is 0 Å². The summed E-state index contributed by atoms with van der Waals surface area (Å²) in [5.41, 5.74) is 2.93. The fourth-order valence-electron chi connectivity index (χ4n) is 6.29. The summed E-state index contributed by atoms with van der Waals surface area (Å²) in [5, 5.41) is 0. The molecule has 1 saturated heterocycles. The molecule has 9 nitrogen and oxygen atoms in total. The Kier molecular flexibility index (Phi) is 11.4. The van der Waals surface area contributed by atoms with Crippen molar-refractivity contribution in [2.45, 2.75) is 46.2 Å². The van der Waals surface area contributed by atoms with Crippen LogP contribution in [0, 0.1) is 6.92 Å². The average Bonchev–Trinajstić information content (AvgIpc) is 3.10. The Morgan fingerprint density at radius 3 is 2.33 bits per heavy atom. The summed E-state index contributed by atoms with van der Waals surface area (Å²) in [4.78, 5) is 43.1. The topological polar surface area (TPSA) is 72.5 Å². The number of anilines is 2. The monoisotopic (exact) mass is 612 g/mol. The van der Waals surface area contributed by atoms with Gasteiger partial charge in [-0.2, -0.15) is 0 Å². The summed E-state index contributed by atoms with van der Waals surface area (Å²) in [6.07, 6.45) is 3.14. The second-order valence-electron chi connectivity index (χ2n) is 12.3. The number of para-hydroxylation sites is 2. The van der Waals surface area contributed by atoms with Crippen LogP contribution in [0.5, 0.6) is 5.75 Å². The van der Waals surface area contributed by atoms with Crippen molar-refractivity contribution in [3.05, 3.63) is 84.1 Å². The molecule has 1 aromatic heterocycles. The van der Waals surface area contributed by atoms with Gasteiger partial charge in [0.15, 0.2) is 6.61 Å². The molecular weight excluding hydrogens is 564 g/mol. The quantitative estimate of drug-likeness (QED) is 0.372. The Morgan fingerprint density at radius 2 is 1.60 bits per heavy atom. The second kappa shape index (κ2) is 15.9. The molecule has 0 aliphatic carbocycles. The highest BCUT2D eigenvalue weighted by Gasteiger charge is 2.26. The molecule has 0 saturated carbocycles. The van der Waals surface area contributed by atoms with E-state index in [-0.39, 0.29) is 18.4 Å². The van der Waals surface area contributed by atoms with Crippen LogP contribution in [0.4, 0.5) is 11.5 Å². The van der Waals surface area contributed by atoms with Crippen molar-refractivity contribution in [2.24, 2.45) is 0 Å². The number of hydrogen-bond acceptors (Lipinski definition) is 7. The smallest absolute Gasteiger partial charge is 0.264 e. The van der Waals surface area contributed by atoms with E-state index in [4.69, 9.17) is 4.74 Å². The normalized spacial score (nSPS) is 17.1. The Hall–Kier alpha value is -3.95. The van der Waals surface area contributed by atoms with Crippen LogP contribution in [-0.2, 0) is 16.1 Å². The maximum absolute atomic E-state index is 13.9. The number of hydrogen-bond donors (Lipinski definition) is 0. The number of aryl methyl sites for hydroxylation is 1. The summed E-state index contributed by atoms with van der Waals surface area (Å²) in [6, 6.07) is 22.0. The van der Waals surface area contributed by atoms with Crippen molar-refractivity contribution in [3.8, 4) is 5.75 Å². The zero-order chi connectivity index (χ0) is 31.6. The molecule has 0 N–H and O–H groups in total. The molecule has 3 aromatic rings. The highest BCUT2D eigenvalue weighted by molar-refractivity contribution is 5.96. The van der Waals surface area contributed by atoms with E-state index < -0.39 is 0 Å². The van der Waals surface area contributed by atoms with Crippen LogP contribution >= 0.6 is 0 Å². The molecule has 0 unspecified atom stereocenters. The molecule has 240 valence electrons. The van der Waals surface area contributed by atoms with Gasteiger partial charge in [0.2, 0.25) is 5.91 Å². The maximum atomic E-state index is 13.9. The summed E-state index contributed by atoms with van der Waals surface area (Å²) in [6.45, 7) is 14.2. The van der Waals surface area contributed by atoms with Gasteiger partial charge in [-0.05, 0) is 62.6 Å². The molecule has 3 heterocycles. The molecule has 9 heteroatoms. The number of amides is 2. The lowest BCUT2D eigenvalue weighted by atomic mass is 10.0. The third-order valence-electron chi connectivity index (χ3n) is 8.91. The number of aromatic nitrogens is 1. The predicted octanol–water partition coefficient (Wildman–Crippen LogP) is 4.46. The van der Waals surface area contributed by atoms with Gasteiger partial charge in [0.1, 0.15) is 11.6 Å². The number of carbonyl (C=O) groups excluding carboxylic acids is 2. The fourth-order valence-corrected chi connectivity index (χ4v) is 6.29. The summed E-state index contributed by atoms with van der Waals surface area (Å²) in [5.74, 6) is 1.77. The fraction of sp³-hybridized carbons (Fsp3) is 0.472. The van der Waals surface area contributed by atoms with Gasteiger partial charge in [-0.3, -0.25) is 19.4 Å². The SMILES string of the molecule is Cc1cccc2c1N(C(=O)COc1ccccc1)CCCN(C(C)C)CCN(C(=O)CCN1CCN(c3ccccn3)CC1)C2. The molecule has 0 atom stereocenters. The number of benzene rings is 2. The molecule has 0 spiro atoms. The van der Waals surface area contributed by atoms with Crippen LogP contribution in [0.2, 0.25) is 0 Å². The summed E-state index contributed by atoms with van der Waals surface area (Å²) < 4.78 is 5.89. The van der Waals surface area contributed by atoms with Crippen molar-refractivity contribution in [1.29, 1.82) is 0 Å². The van der Waals surface area contributed by atoms with E-state index in [2.05, 4.69) is 45.7 Å². The van der Waals surface area contributed by atoms with E-state index in [1.807, 2.05) is 77.5 Å². The first kappa shape index (κ1) is 32.4. The Morgan fingerprint density at radius 1 is 0.822 bits per heavy atom. The number of piperazine rings is 1. The van der Waals surface area contributed by atoms with Gasteiger partial charge in [0.25, 0.3) is 5.91 Å². The van der Waals surface area contributed by atoms with E-state index in [0.717, 1.165) is 74.9 Å². The summed E-state index contributed by atoms with van der Waals surface area (Å²) >= 11 is 0. The Labute approximate surface area is 268 Å². The van der Waals surface area contributed by atoms with Crippen LogP contribution in [0.3, 0.4) is 0 Å². The highest BCUT2D eigenvalue weighted by Crippen LogP contribution is 2.28. The zero-order valence-corrected chi connectivity index (χ0v) is 27.1. The molecule has 2 aliphatic heterocycles. The van der Waals surface area contributed by atoms with Gasteiger partial charge in [-0.15, -0.1) is 0 Å². The van der Waals surface area contributed by atoms with Gasteiger partial charge in [-0.25, -0.2) is 4.98 Å². The minimum absolute atomic E-state index is 0.0398. The van der Waals surface area contributed by atoms with Crippen molar-refractivity contribution in [2.75, 3.05) is 75.3 Å². The van der Waals surface area contributed by atoms with E-state index in [9.17, 15) is 9.59 Å². The van der Waals surface area contributed by atoms with Crippen LogP contribution in [0.25, 0.3) is 0 Å². The van der Waals surface area contributed by atoms with Crippen LogP contribution in [-0.4, -0.2) is 103 Å². The standard InChI is InChI=1S/C36H48N6O3/c1-29(2)39-18-10-19-42(35(44)28-45-32-13-5-4-6-14-32)36-30(3)11-9-12-31(36)27-41(26-25-39)34(43)16-20-38-21-23-40(24-22-38)33-15-7-8-17-37-33/h4-9,11-15,17,29H,10,16,18-28H2,1-3H3. The van der Waals surface area contributed by atoms with Crippen molar-refractivity contribution in [3.63, 3.8) is 0 Å². The average molecular weight is 613 g/mol. The van der Waals surface area contributed by atoms with Gasteiger partial charge in [0.05, 0.1) is 5.69 Å². The zero-order valence-electron chi connectivity index (χ0n) is 27.1. The molecule has 0 bridgehead atoms. The van der Waals surface area contributed by atoms with E-state index >= 15 is 0 Å². The molecule has 1 fully saturated rings. The molecule has 2 aromatic carbocycles. The van der Waals surface area contributed by atoms with Crippen molar-refractivity contribution in [1.82, 2.24) is 19.7 Å². The number of rotatable bonds is 8. The lowest BCUT2D eigenvalue weighted by Crippen LogP contribution is -2.48. The van der Waals surface area contributed by atoms with Gasteiger partial charge in [0, 0.05) is 84.1 Å². The molecule has 0 radical (unpaired) electrons. The third-order valence-corrected chi connectivity index (χ3v) is 8.91. The van der Waals surface area contributed by atoms with Crippen molar-refractivity contribution < 1.29 is 14.3 Å².